The number of benzene rings is 1. The molecule has 0 saturated heterocycles. The molecule has 0 amide bonds. The van der Waals surface area contributed by atoms with Crippen molar-refractivity contribution in [3.8, 4) is 17.1 Å². The summed E-state index contributed by atoms with van der Waals surface area (Å²) in [5.74, 6) is -1.94. The zero-order valence-electron chi connectivity index (χ0n) is 10.3. The predicted molar refractivity (Wildman–Crippen MR) is 72.0 cm³/mol. The number of rotatable bonds is 2. The van der Waals surface area contributed by atoms with Crippen molar-refractivity contribution in [3.05, 3.63) is 46.9 Å². The van der Waals surface area contributed by atoms with Gasteiger partial charge < -0.3 is 10.2 Å². The molecular formula is C13H7ClFN3O3. The molecule has 3 rings (SSSR count). The van der Waals surface area contributed by atoms with Gasteiger partial charge in [-0.15, -0.1) is 10.2 Å². The molecule has 21 heavy (non-hydrogen) atoms. The Morgan fingerprint density at radius 3 is 2.71 bits per heavy atom. The fourth-order valence-electron chi connectivity index (χ4n) is 1.95. The second kappa shape index (κ2) is 4.71. The van der Waals surface area contributed by atoms with Crippen molar-refractivity contribution >= 4 is 23.2 Å². The summed E-state index contributed by atoms with van der Waals surface area (Å²) in [6.07, 6.45) is 1.28. The van der Waals surface area contributed by atoms with Gasteiger partial charge in [-0.1, -0.05) is 11.6 Å². The molecule has 0 fully saturated rings. The summed E-state index contributed by atoms with van der Waals surface area (Å²) in [5.41, 5.74) is 0.387. The van der Waals surface area contributed by atoms with Crippen molar-refractivity contribution in [2.24, 2.45) is 0 Å². The number of halogens is 2. The first-order valence-electron chi connectivity index (χ1n) is 5.74. The number of carbonyl (C=O) groups is 1. The summed E-state index contributed by atoms with van der Waals surface area (Å²) in [7, 11) is 0. The van der Waals surface area contributed by atoms with E-state index in [0.717, 1.165) is 12.1 Å². The molecule has 2 N–H and O–H groups in total. The van der Waals surface area contributed by atoms with Crippen LogP contribution in [0.25, 0.3) is 17.0 Å². The van der Waals surface area contributed by atoms with Gasteiger partial charge in [-0.05, 0) is 18.2 Å². The summed E-state index contributed by atoms with van der Waals surface area (Å²) in [6.45, 7) is 0. The molecule has 0 aliphatic rings. The van der Waals surface area contributed by atoms with Crippen molar-refractivity contribution < 1.29 is 19.4 Å². The number of nitrogens with zero attached hydrogens (tertiary/aromatic N) is 3. The molecule has 0 atom stereocenters. The first-order valence-corrected chi connectivity index (χ1v) is 6.11. The average molecular weight is 308 g/mol. The van der Waals surface area contributed by atoms with Crippen LogP contribution >= 0.6 is 11.6 Å². The highest BCUT2D eigenvalue weighted by Crippen LogP contribution is 2.30. The van der Waals surface area contributed by atoms with Crippen molar-refractivity contribution in [1.82, 2.24) is 14.6 Å². The number of carboxylic acid groups (broad SMARTS) is 1. The Hall–Kier alpha value is -2.67. The van der Waals surface area contributed by atoms with E-state index in [1.54, 1.807) is 0 Å². The van der Waals surface area contributed by atoms with Crippen LogP contribution < -0.4 is 0 Å². The first kappa shape index (κ1) is 13.3. The number of aromatic carboxylic acids is 1. The molecule has 106 valence electrons. The van der Waals surface area contributed by atoms with Crippen LogP contribution in [0.15, 0.2) is 30.5 Å². The van der Waals surface area contributed by atoms with Gasteiger partial charge >= 0.3 is 5.97 Å². The number of phenols is 1. The van der Waals surface area contributed by atoms with E-state index in [-0.39, 0.29) is 33.4 Å². The van der Waals surface area contributed by atoms with Crippen LogP contribution in [0, 0.1) is 5.82 Å². The van der Waals surface area contributed by atoms with Crippen molar-refractivity contribution in [3.63, 3.8) is 0 Å². The highest BCUT2D eigenvalue weighted by atomic mass is 35.5. The number of fused-ring (bicyclic) bond motifs is 1. The van der Waals surface area contributed by atoms with Crippen LogP contribution in [0.2, 0.25) is 5.02 Å². The lowest BCUT2D eigenvalue weighted by Crippen LogP contribution is -2.00. The summed E-state index contributed by atoms with van der Waals surface area (Å²) < 4.78 is 14.4. The minimum Gasteiger partial charge on any atom is -0.507 e. The minimum absolute atomic E-state index is 0.0600. The van der Waals surface area contributed by atoms with Gasteiger partial charge in [-0.2, -0.15) is 0 Å². The minimum atomic E-state index is -1.17. The summed E-state index contributed by atoms with van der Waals surface area (Å²) >= 11 is 5.96. The number of aromatic nitrogens is 3. The molecule has 3 aromatic rings. The highest BCUT2D eigenvalue weighted by molar-refractivity contribution is 6.33. The highest BCUT2D eigenvalue weighted by Gasteiger charge is 2.17. The van der Waals surface area contributed by atoms with E-state index >= 15 is 0 Å². The van der Waals surface area contributed by atoms with Gasteiger partial charge in [-0.25, -0.2) is 9.18 Å². The molecule has 0 radical (unpaired) electrons. The fraction of sp³-hybridized carbons (Fsp3) is 0. The predicted octanol–water partition coefficient (Wildman–Crippen LogP) is 2.59. The first-order chi connectivity index (χ1) is 9.97. The zero-order valence-corrected chi connectivity index (χ0v) is 11.0. The lowest BCUT2D eigenvalue weighted by atomic mass is 10.2. The summed E-state index contributed by atoms with van der Waals surface area (Å²) in [4.78, 5) is 11.1. The van der Waals surface area contributed by atoms with Crippen LogP contribution in [0.1, 0.15) is 10.4 Å². The Kier molecular flexibility index (Phi) is 2.99. The Morgan fingerprint density at radius 1 is 1.29 bits per heavy atom. The fourth-order valence-corrected chi connectivity index (χ4v) is 2.19. The molecule has 0 saturated carbocycles. The number of phenolic OH excluding ortho intramolecular Hbond substituents is 1. The standard InChI is InChI=1S/C13H7ClFN3O3/c14-9-3-6(13(20)21)5-18-11(16-17-12(9)18)8-2-1-7(15)4-10(8)19/h1-5,19H,(H,20,21). The molecule has 0 spiro atoms. The van der Waals surface area contributed by atoms with Crippen molar-refractivity contribution in [1.29, 1.82) is 0 Å². The molecule has 0 aliphatic heterocycles. The third-order valence-corrected chi connectivity index (χ3v) is 3.19. The lowest BCUT2D eigenvalue weighted by Gasteiger charge is -2.05. The van der Waals surface area contributed by atoms with E-state index < -0.39 is 11.8 Å². The Balaban J connectivity index is 2.30. The molecule has 0 bridgehead atoms. The van der Waals surface area contributed by atoms with Crippen LogP contribution in [-0.4, -0.2) is 30.8 Å². The van der Waals surface area contributed by atoms with Crippen molar-refractivity contribution in [2.45, 2.75) is 0 Å². The molecule has 2 aromatic heterocycles. The quantitative estimate of drug-likeness (QED) is 0.760. The van der Waals surface area contributed by atoms with Crippen LogP contribution in [-0.2, 0) is 0 Å². The molecular weight excluding hydrogens is 301 g/mol. The smallest absolute Gasteiger partial charge is 0.337 e. The molecule has 2 heterocycles. The Morgan fingerprint density at radius 2 is 2.05 bits per heavy atom. The average Bonchev–Trinajstić information content (AvgIpc) is 2.83. The van der Waals surface area contributed by atoms with Crippen LogP contribution in [0.5, 0.6) is 5.75 Å². The SMILES string of the molecule is O=C(O)c1cc(Cl)c2nnc(-c3ccc(F)cc3O)n2c1. The van der Waals surface area contributed by atoms with E-state index in [4.69, 9.17) is 16.7 Å². The summed E-state index contributed by atoms with van der Waals surface area (Å²) in [5, 5.41) is 26.7. The zero-order chi connectivity index (χ0) is 15.1. The Labute approximate surface area is 122 Å². The summed E-state index contributed by atoms with van der Waals surface area (Å²) in [6, 6.07) is 4.66. The Bertz CT molecular complexity index is 878. The normalized spacial score (nSPS) is 11.0. The number of aromatic hydroxyl groups is 1. The maximum Gasteiger partial charge on any atom is 0.337 e. The van der Waals surface area contributed by atoms with Gasteiger partial charge in [0, 0.05) is 12.3 Å². The van der Waals surface area contributed by atoms with E-state index in [2.05, 4.69) is 10.2 Å². The maximum absolute atomic E-state index is 13.0. The van der Waals surface area contributed by atoms with Crippen LogP contribution in [0.4, 0.5) is 4.39 Å². The van der Waals surface area contributed by atoms with Crippen LogP contribution in [0.3, 0.4) is 0 Å². The molecule has 0 aliphatic carbocycles. The van der Waals surface area contributed by atoms with Crippen molar-refractivity contribution in [2.75, 3.05) is 0 Å². The van der Waals surface area contributed by atoms with Gasteiger partial charge in [0.1, 0.15) is 11.6 Å². The monoisotopic (exact) mass is 307 g/mol. The lowest BCUT2D eigenvalue weighted by molar-refractivity contribution is 0.0696. The maximum atomic E-state index is 13.0. The number of hydrogen-bond donors (Lipinski definition) is 2. The van der Waals surface area contributed by atoms with E-state index in [1.165, 1.54) is 22.7 Å². The second-order valence-electron chi connectivity index (χ2n) is 4.26. The third kappa shape index (κ3) is 2.17. The van der Waals surface area contributed by atoms with Gasteiger partial charge in [0.25, 0.3) is 0 Å². The number of pyridine rings is 1. The van der Waals surface area contributed by atoms with Gasteiger partial charge in [0.2, 0.25) is 0 Å². The molecule has 6 nitrogen and oxygen atoms in total. The van der Waals surface area contributed by atoms with Gasteiger partial charge in [0.15, 0.2) is 11.5 Å². The second-order valence-corrected chi connectivity index (χ2v) is 4.67. The molecule has 1 aromatic carbocycles. The molecule has 0 unspecified atom stereocenters. The number of carboxylic acids is 1. The largest absolute Gasteiger partial charge is 0.507 e. The van der Waals surface area contributed by atoms with Gasteiger partial charge in [0.05, 0.1) is 16.1 Å². The topological polar surface area (TPSA) is 87.7 Å². The van der Waals surface area contributed by atoms with E-state index in [0.29, 0.717) is 0 Å². The molecule has 8 heteroatoms. The van der Waals surface area contributed by atoms with Gasteiger partial charge in [-0.3, -0.25) is 4.40 Å². The van der Waals surface area contributed by atoms with E-state index in [1.807, 2.05) is 0 Å². The van der Waals surface area contributed by atoms with E-state index in [9.17, 15) is 14.3 Å². The number of hydrogen-bond acceptors (Lipinski definition) is 4. The third-order valence-electron chi connectivity index (χ3n) is 2.91.